The van der Waals surface area contributed by atoms with Crippen LogP contribution in [-0.4, -0.2) is 200 Å². The van der Waals surface area contributed by atoms with Crippen molar-refractivity contribution in [1.29, 1.82) is 0 Å². The Bertz CT molecular complexity index is 2570. The number of aliphatic carboxylic acids is 2. The number of rotatable bonds is 31. The van der Waals surface area contributed by atoms with Gasteiger partial charge in [0.15, 0.2) is 0 Å². The minimum absolute atomic E-state index is 0.0411. The lowest BCUT2D eigenvalue weighted by Gasteiger charge is -2.31. The number of carboxylic acid groups (broad SMARTS) is 2. The predicted octanol–water partition coefficient (Wildman–Crippen LogP) is -0.413. The Hall–Kier alpha value is -7.54. The molecule has 1 fully saturated rings. The number of hydrogen-bond donors (Lipinski definition) is 16. The molecule has 1 aliphatic heterocycles. The number of aliphatic hydroxyl groups is 3. The minimum atomic E-state index is -2.20. The van der Waals surface area contributed by atoms with Gasteiger partial charge >= 0.3 is 17.9 Å². The molecule has 1 saturated heterocycles. The lowest BCUT2D eigenvalue weighted by Crippen LogP contribution is -2.63. The molecule has 542 valence electrons. The van der Waals surface area contributed by atoms with Gasteiger partial charge in [0, 0.05) is 0 Å². The number of carbonyl (C=O) groups excluding carboxylic acids is 12. The maximum Gasteiger partial charge on any atom is 0.329 e. The Labute approximate surface area is 557 Å². The third kappa shape index (κ3) is 32.6. The van der Waals surface area contributed by atoms with Gasteiger partial charge < -0.3 is 88.8 Å². The highest BCUT2D eigenvalue weighted by Crippen LogP contribution is 2.17. The summed E-state index contributed by atoms with van der Waals surface area (Å²) in [6.45, 7) is 21.1. The number of esters is 1. The van der Waals surface area contributed by atoms with Gasteiger partial charge in [-0.25, -0.2) is 4.79 Å². The number of hydrogen-bond acceptors (Lipinski definition) is 18. The average molecular weight is 1350 g/mol. The topological polar surface area (TPSA) is 482 Å². The molecule has 31 nitrogen and oxygen atoms in total. The zero-order chi connectivity index (χ0) is 72.6. The van der Waals surface area contributed by atoms with Crippen molar-refractivity contribution in [2.45, 2.75) is 272 Å². The summed E-state index contributed by atoms with van der Waals surface area (Å²) >= 11 is 0. The second-order valence-electron chi connectivity index (χ2n) is 26.9. The first-order valence-corrected chi connectivity index (χ1v) is 33.2. The van der Waals surface area contributed by atoms with E-state index in [-0.39, 0.29) is 68.6 Å². The number of nitrogens with one attached hydrogen (secondary N) is 11. The van der Waals surface area contributed by atoms with Crippen molar-refractivity contribution < 1.29 is 97.4 Å². The summed E-state index contributed by atoms with van der Waals surface area (Å²) in [5, 5.41) is 78.6. The minimum Gasteiger partial charge on any atom is -0.481 e. The SMILES string of the molecule is CCCCCCC[C@@H](O)CC(=O)N[C@H](CC(C)C)C(=O)N[C@H](CC(=O)O)C(=O)N[C@H]1C(=O)N[C@@H](CC(C)C)C(=O)N[C@@H](CC(C)C)C(=O)N[C@@H](CO)C(=O)N[C@H](CC(C)C)C(=O)N[C@H](CO)C(=O)NC(CC(C)C)C(=O)N[C@H]([C@H](C)CC)C(=O)N[C@@H](CC(=O)O)C(=O)O[C@@H]1C. The number of ether oxygens (including phenoxy) is 1. The zero-order valence-corrected chi connectivity index (χ0v) is 57.9. The molecule has 0 aromatic rings. The lowest BCUT2D eigenvalue weighted by molar-refractivity contribution is -0.158. The number of carbonyl (C=O) groups is 14. The van der Waals surface area contributed by atoms with Gasteiger partial charge in [0.2, 0.25) is 65.0 Å². The van der Waals surface area contributed by atoms with Crippen molar-refractivity contribution in [3.05, 3.63) is 0 Å². The van der Waals surface area contributed by atoms with E-state index in [9.17, 15) is 92.7 Å². The van der Waals surface area contributed by atoms with Crippen LogP contribution < -0.4 is 58.5 Å². The van der Waals surface area contributed by atoms with E-state index in [2.05, 4.69) is 65.4 Å². The Morgan fingerprint density at radius 3 is 1.28 bits per heavy atom. The molecule has 1 heterocycles. The summed E-state index contributed by atoms with van der Waals surface area (Å²) in [5.74, 6) is -19.2. The average Bonchev–Trinajstić information content (AvgIpc) is 0.928. The number of aliphatic hydroxyl groups excluding tert-OH is 3. The van der Waals surface area contributed by atoms with E-state index < -0.39 is 199 Å². The van der Waals surface area contributed by atoms with E-state index in [1.165, 1.54) is 6.92 Å². The summed E-state index contributed by atoms with van der Waals surface area (Å²) in [5.41, 5.74) is 0. The first-order valence-electron chi connectivity index (χ1n) is 33.2. The van der Waals surface area contributed by atoms with Crippen molar-refractivity contribution in [2.24, 2.45) is 35.5 Å². The van der Waals surface area contributed by atoms with Crippen LogP contribution in [0.15, 0.2) is 0 Å². The van der Waals surface area contributed by atoms with Crippen LogP contribution in [0.4, 0.5) is 0 Å². The third-order valence-corrected chi connectivity index (χ3v) is 15.5. The molecule has 95 heavy (non-hydrogen) atoms. The molecule has 0 aromatic heterocycles. The van der Waals surface area contributed by atoms with Gasteiger partial charge in [0.05, 0.1) is 38.6 Å². The quantitative estimate of drug-likeness (QED) is 0.0310. The van der Waals surface area contributed by atoms with Crippen molar-refractivity contribution in [1.82, 2.24) is 58.5 Å². The maximum absolute atomic E-state index is 14.9. The first-order chi connectivity index (χ1) is 44.4. The molecule has 0 bridgehead atoms. The maximum atomic E-state index is 14.9. The second kappa shape index (κ2) is 43.5. The summed E-state index contributed by atoms with van der Waals surface area (Å²) in [6.07, 6.45) is -1.39. The van der Waals surface area contributed by atoms with Crippen molar-refractivity contribution in [2.75, 3.05) is 13.2 Å². The molecular weight excluding hydrogens is 1240 g/mol. The van der Waals surface area contributed by atoms with Gasteiger partial charge in [0.1, 0.15) is 72.6 Å². The lowest BCUT2D eigenvalue weighted by atomic mass is 9.96. The Balaban J connectivity index is 4.29. The molecule has 0 aromatic carbocycles. The second-order valence-corrected chi connectivity index (χ2v) is 26.9. The molecule has 31 heteroatoms. The largest absolute Gasteiger partial charge is 0.481 e. The van der Waals surface area contributed by atoms with E-state index in [0.717, 1.165) is 32.6 Å². The van der Waals surface area contributed by atoms with Gasteiger partial charge in [-0.05, 0) is 81.0 Å². The normalized spacial score (nSPS) is 24.2. The van der Waals surface area contributed by atoms with Gasteiger partial charge in [-0.3, -0.25) is 62.3 Å². The monoisotopic (exact) mass is 1350 g/mol. The van der Waals surface area contributed by atoms with Crippen molar-refractivity contribution >= 4 is 82.9 Å². The van der Waals surface area contributed by atoms with Crippen molar-refractivity contribution in [3.8, 4) is 0 Å². The fraction of sp³-hybridized carbons (Fsp3) is 0.781. The number of carboxylic acids is 2. The van der Waals surface area contributed by atoms with Gasteiger partial charge in [-0.15, -0.1) is 0 Å². The first kappa shape index (κ1) is 85.5. The fourth-order valence-corrected chi connectivity index (χ4v) is 10.3. The van der Waals surface area contributed by atoms with Crippen LogP contribution in [0.5, 0.6) is 0 Å². The summed E-state index contributed by atoms with van der Waals surface area (Å²) in [6, 6.07) is -19.0. The van der Waals surface area contributed by atoms with Gasteiger partial charge in [0.25, 0.3) is 0 Å². The number of unbranched alkanes of at least 4 members (excludes halogenated alkanes) is 4. The molecule has 14 atom stereocenters. The molecule has 1 unspecified atom stereocenters. The van der Waals surface area contributed by atoms with Crippen LogP contribution in [0.25, 0.3) is 0 Å². The Kier molecular flexibility index (Phi) is 39.2. The third-order valence-electron chi connectivity index (χ3n) is 15.5. The highest BCUT2D eigenvalue weighted by atomic mass is 16.5. The Morgan fingerprint density at radius 1 is 0.474 bits per heavy atom. The molecule has 0 spiro atoms. The van der Waals surface area contributed by atoms with Crippen LogP contribution in [0, 0.1) is 35.5 Å². The van der Waals surface area contributed by atoms with E-state index >= 15 is 0 Å². The van der Waals surface area contributed by atoms with Gasteiger partial charge in [-0.2, -0.15) is 0 Å². The molecule has 11 amide bonds. The smallest absolute Gasteiger partial charge is 0.329 e. The van der Waals surface area contributed by atoms with Crippen molar-refractivity contribution in [3.63, 3.8) is 0 Å². The summed E-state index contributed by atoms with van der Waals surface area (Å²) < 4.78 is 5.68. The van der Waals surface area contributed by atoms with E-state index in [4.69, 9.17) is 4.74 Å². The standard InChI is InChI=1S/C64H111N11O20/c1-15-17-18-19-20-21-39(78)27-49(79)65-40(22-32(3)4)54(84)69-45(28-50(80)81)59(89)75-53-38(14)95-64(94)46(29-51(82)83)71-62(92)52(37(13)16-2)74-58(88)44(26-36(11)12)68-61(91)48(31-77)73-57(87)42(24-34(7)8)67-60(90)47(30-76)72-56(86)41(23-33(5)6)66-55(85)43(25-35(9)10)70-63(53)93/h32-48,52-53,76-78H,15-31H2,1-14H3,(H,65,79)(H,66,85)(H,67,90)(H,68,91)(H,69,84)(H,70,93)(H,71,92)(H,72,86)(H,73,87)(H,74,88)(H,75,89)(H,80,81)(H,82,83)/t37-,38-,39-,40-,41+,42-,43+,44?,45-,46+,47+,48-,52-,53-/m1/s1. The van der Waals surface area contributed by atoms with E-state index in [1.54, 1.807) is 76.2 Å². The Morgan fingerprint density at radius 2 is 0.884 bits per heavy atom. The summed E-state index contributed by atoms with van der Waals surface area (Å²) in [4.78, 5) is 195. The fourth-order valence-electron chi connectivity index (χ4n) is 10.3. The molecule has 16 N–H and O–H groups in total. The van der Waals surface area contributed by atoms with Crippen LogP contribution >= 0.6 is 0 Å². The molecule has 0 radical (unpaired) electrons. The molecular formula is C64H111N11O20. The highest BCUT2D eigenvalue weighted by molar-refractivity contribution is 6.00. The molecule has 1 aliphatic rings. The van der Waals surface area contributed by atoms with Crippen LogP contribution in [0.1, 0.15) is 193 Å². The van der Waals surface area contributed by atoms with Crippen LogP contribution in [0.3, 0.4) is 0 Å². The molecule has 0 saturated carbocycles. The highest BCUT2D eigenvalue weighted by Gasteiger charge is 2.41. The van der Waals surface area contributed by atoms with Gasteiger partial charge in [-0.1, -0.05) is 129 Å². The number of amides is 11. The predicted molar refractivity (Wildman–Crippen MR) is 346 cm³/mol. The summed E-state index contributed by atoms with van der Waals surface area (Å²) in [7, 11) is 0. The van der Waals surface area contributed by atoms with Crippen LogP contribution in [0.2, 0.25) is 0 Å². The molecule has 1 rings (SSSR count). The molecule has 0 aliphatic carbocycles. The zero-order valence-electron chi connectivity index (χ0n) is 57.9. The number of cyclic esters (lactones) is 1. The van der Waals surface area contributed by atoms with E-state index in [1.807, 2.05) is 0 Å². The van der Waals surface area contributed by atoms with E-state index in [0.29, 0.717) is 12.8 Å². The van der Waals surface area contributed by atoms with Crippen LogP contribution in [-0.2, 0) is 71.9 Å².